The van der Waals surface area contributed by atoms with E-state index in [9.17, 15) is 8.42 Å². The van der Waals surface area contributed by atoms with Crippen molar-refractivity contribution >= 4 is 9.84 Å². The Balaban J connectivity index is 1.77. The van der Waals surface area contributed by atoms with Crippen molar-refractivity contribution in [2.45, 2.75) is 87.7 Å². The number of aromatic nitrogens is 2. The van der Waals surface area contributed by atoms with Crippen LogP contribution >= 0.6 is 0 Å². The molecule has 30 heavy (non-hydrogen) atoms. The van der Waals surface area contributed by atoms with Crippen LogP contribution in [0.25, 0.3) is 0 Å². The van der Waals surface area contributed by atoms with Crippen molar-refractivity contribution in [3.63, 3.8) is 0 Å². The van der Waals surface area contributed by atoms with E-state index in [1.807, 2.05) is 4.57 Å². The van der Waals surface area contributed by atoms with Gasteiger partial charge in [0, 0.05) is 33.4 Å². The van der Waals surface area contributed by atoms with E-state index in [2.05, 4.69) is 9.88 Å². The minimum Gasteiger partial charge on any atom is -0.396 e. The number of ether oxygens (including phenoxy) is 1. The van der Waals surface area contributed by atoms with Gasteiger partial charge in [-0.2, -0.15) is 0 Å². The van der Waals surface area contributed by atoms with Gasteiger partial charge < -0.3 is 14.4 Å². The van der Waals surface area contributed by atoms with Crippen LogP contribution in [0.15, 0.2) is 11.4 Å². The number of methoxy groups -OCH3 is 1. The van der Waals surface area contributed by atoms with Gasteiger partial charge in [0.25, 0.3) is 0 Å². The lowest BCUT2D eigenvalue weighted by Crippen LogP contribution is -2.36. The molecule has 0 amide bonds. The van der Waals surface area contributed by atoms with Crippen LogP contribution in [0.2, 0.25) is 0 Å². The van der Waals surface area contributed by atoms with Gasteiger partial charge in [0.15, 0.2) is 0 Å². The van der Waals surface area contributed by atoms with Crippen molar-refractivity contribution in [2.75, 3.05) is 33.4 Å². The number of rotatable bonds is 10. The summed E-state index contributed by atoms with van der Waals surface area (Å²) in [5, 5.41) is 9.05. The molecule has 7 nitrogen and oxygen atoms in total. The first-order valence-electron chi connectivity index (χ1n) is 11.7. The van der Waals surface area contributed by atoms with Gasteiger partial charge in [-0.3, -0.25) is 4.90 Å². The SMILES string of the molecule is COCCn1c(CN2CCC[C@@H](CCCO)C2)cnc1S(=O)(=O)C1CCCCCC1. The van der Waals surface area contributed by atoms with Crippen molar-refractivity contribution in [3.05, 3.63) is 11.9 Å². The largest absolute Gasteiger partial charge is 0.396 e. The van der Waals surface area contributed by atoms with Crippen molar-refractivity contribution in [1.82, 2.24) is 14.5 Å². The topological polar surface area (TPSA) is 84.7 Å². The van der Waals surface area contributed by atoms with Crippen LogP contribution in [-0.2, 0) is 27.7 Å². The van der Waals surface area contributed by atoms with E-state index in [1.165, 1.54) is 6.42 Å². The number of sulfone groups is 1. The molecule has 0 aromatic carbocycles. The van der Waals surface area contributed by atoms with Crippen LogP contribution in [0, 0.1) is 5.92 Å². The quantitative estimate of drug-likeness (QED) is 0.562. The summed E-state index contributed by atoms with van der Waals surface area (Å²) < 4.78 is 34.0. The second-order valence-electron chi connectivity index (χ2n) is 8.94. The molecule has 0 bridgehead atoms. The maximum absolute atomic E-state index is 13.4. The number of likely N-dealkylation sites (tertiary alicyclic amines) is 1. The fraction of sp³-hybridized carbons (Fsp3) is 0.864. The summed E-state index contributed by atoms with van der Waals surface area (Å²) in [5.74, 6) is 0.607. The fourth-order valence-electron chi connectivity index (χ4n) is 5.01. The molecule has 2 aliphatic rings. The molecule has 2 heterocycles. The van der Waals surface area contributed by atoms with Crippen LogP contribution in [-0.4, -0.2) is 66.6 Å². The molecular weight excluding hydrogens is 402 g/mol. The lowest BCUT2D eigenvalue weighted by Gasteiger charge is -2.32. The highest BCUT2D eigenvalue weighted by molar-refractivity contribution is 7.91. The number of piperidine rings is 1. The molecule has 8 heteroatoms. The molecular formula is C22H39N3O4S. The normalized spacial score (nSPS) is 22.3. The van der Waals surface area contributed by atoms with E-state index in [0.29, 0.717) is 25.6 Å². The zero-order chi connectivity index (χ0) is 21.4. The monoisotopic (exact) mass is 441 g/mol. The Morgan fingerprint density at radius 3 is 2.63 bits per heavy atom. The Bertz CT molecular complexity index is 742. The number of nitrogens with zero attached hydrogens (tertiary/aromatic N) is 3. The summed E-state index contributed by atoms with van der Waals surface area (Å²) in [5.41, 5.74) is 0.960. The lowest BCUT2D eigenvalue weighted by atomic mass is 9.93. The van der Waals surface area contributed by atoms with Gasteiger partial charge in [0.05, 0.1) is 23.7 Å². The smallest absolute Gasteiger partial charge is 0.228 e. The number of hydrogen-bond donors (Lipinski definition) is 1. The molecule has 1 aromatic heterocycles. The van der Waals surface area contributed by atoms with Crippen molar-refractivity contribution in [2.24, 2.45) is 5.92 Å². The molecule has 1 saturated heterocycles. The van der Waals surface area contributed by atoms with Crippen LogP contribution in [0.4, 0.5) is 0 Å². The molecule has 0 radical (unpaired) electrons. The molecule has 1 atom stereocenters. The van der Waals surface area contributed by atoms with Crippen LogP contribution in [0.1, 0.15) is 69.9 Å². The minimum atomic E-state index is -3.44. The summed E-state index contributed by atoms with van der Waals surface area (Å²) in [4.78, 5) is 6.85. The van der Waals surface area contributed by atoms with Crippen LogP contribution in [0.3, 0.4) is 0 Å². The second kappa shape index (κ2) is 11.6. The molecule has 1 aliphatic carbocycles. The number of aliphatic hydroxyl groups excluding tert-OH is 1. The third-order valence-electron chi connectivity index (χ3n) is 6.68. The Labute approximate surface area is 181 Å². The van der Waals surface area contributed by atoms with Crippen molar-refractivity contribution in [1.29, 1.82) is 0 Å². The lowest BCUT2D eigenvalue weighted by molar-refractivity contribution is 0.147. The Kier molecular flexibility index (Phi) is 9.16. The van der Waals surface area contributed by atoms with E-state index in [0.717, 1.165) is 76.6 Å². The predicted molar refractivity (Wildman–Crippen MR) is 117 cm³/mol. The zero-order valence-electron chi connectivity index (χ0n) is 18.5. The summed E-state index contributed by atoms with van der Waals surface area (Å²) in [6, 6.07) is 0. The average molecular weight is 442 g/mol. The predicted octanol–water partition coefficient (Wildman–Crippen LogP) is 3.01. The van der Waals surface area contributed by atoms with E-state index >= 15 is 0 Å². The zero-order valence-corrected chi connectivity index (χ0v) is 19.3. The highest BCUT2D eigenvalue weighted by Crippen LogP contribution is 2.29. The van der Waals surface area contributed by atoms with Gasteiger partial charge >= 0.3 is 0 Å². The Morgan fingerprint density at radius 1 is 1.17 bits per heavy atom. The Hall–Kier alpha value is -0.960. The summed E-state index contributed by atoms with van der Waals surface area (Å²) >= 11 is 0. The third-order valence-corrected chi connectivity index (χ3v) is 8.86. The number of hydrogen-bond acceptors (Lipinski definition) is 6. The van der Waals surface area contributed by atoms with Gasteiger partial charge in [-0.05, 0) is 51.0 Å². The maximum atomic E-state index is 13.4. The first kappa shape index (κ1) is 23.7. The Morgan fingerprint density at radius 2 is 1.93 bits per heavy atom. The summed E-state index contributed by atoms with van der Waals surface area (Å²) in [6.07, 6.45) is 11.7. The van der Waals surface area contributed by atoms with Gasteiger partial charge in [-0.15, -0.1) is 0 Å². The first-order chi connectivity index (χ1) is 14.6. The first-order valence-corrected chi connectivity index (χ1v) is 13.2. The number of imidazole rings is 1. The van der Waals surface area contributed by atoms with Gasteiger partial charge in [0.1, 0.15) is 0 Å². The molecule has 1 aromatic rings. The van der Waals surface area contributed by atoms with Crippen molar-refractivity contribution in [3.8, 4) is 0 Å². The molecule has 172 valence electrons. The highest BCUT2D eigenvalue weighted by Gasteiger charge is 2.33. The van der Waals surface area contributed by atoms with Crippen molar-refractivity contribution < 1.29 is 18.3 Å². The number of aliphatic hydroxyl groups is 1. The molecule has 0 spiro atoms. The maximum Gasteiger partial charge on any atom is 0.228 e. The van der Waals surface area contributed by atoms with Gasteiger partial charge in [-0.25, -0.2) is 13.4 Å². The van der Waals surface area contributed by atoms with Crippen LogP contribution < -0.4 is 0 Å². The molecule has 2 fully saturated rings. The van der Waals surface area contributed by atoms with E-state index in [-0.39, 0.29) is 17.0 Å². The van der Waals surface area contributed by atoms with Gasteiger partial charge in [-0.1, -0.05) is 25.7 Å². The molecule has 1 saturated carbocycles. The van der Waals surface area contributed by atoms with E-state index < -0.39 is 9.84 Å². The molecule has 3 rings (SSSR count). The summed E-state index contributed by atoms with van der Waals surface area (Å²) in [7, 11) is -1.79. The van der Waals surface area contributed by atoms with E-state index in [1.54, 1.807) is 13.3 Å². The van der Waals surface area contributed by atoms with Crippen LogP contribution in [0.5, 0.6) is 0 Å². The average Bonchev–Trinajstić information content (AvgIpc) is 2.95. The molecule has 1 N–H and O–H groups in total. The second-order valence-corrected chi connectivity index (χ2v) is 11.1. The fourth-order valence-corrected chi connectivity index (χ4v) is 6.98. The minimum absolute atomic E-state index is 0.232. The standard InChI is InChI=1S/C22H39N3O4S/c1-29-15-13-25-20(18-24-12-6-8-19(17-24)9-7-14-26)16-23-22(25)30(27,28)21-10-4-2-3-5-11-21/h16,19,21,26H,2-15,17-18H2,1H3/t19-/m0/s1. The molecule has 0 unspecified atom stereocenters. The third kappa shape index (κ3) is 6.05. The highest BCUT2D eigenvalue weighted by atomic mass is 32.2. The van der Waals surface area contributed by atoms with E-state index in [4.69, 9.17) is 9.84 Å². The molecule has 1 aliphatic heterocycles. The summed E-state index contributed by atoms with van der Waals surface area (Å²) in [6.45, 7) is 3.97. The van der Waals surface area contributed by atoms with Gasteiger partial charge in [0.2, 0.25) is 15.0 Å².